The largest absolute Gasteiger partial charge is 0.484 e. The summed E-state index contributed by atoms with van der Waals surface area (Å²) in [5, 5.41) is 6.62. The van der Waals surface area contributed by atoms with E-state index in [4.69, 9.17) is 10.5 Å². The zero-order chi connectivity index (χ0) is 21.3. The molecule has 0 spiro atoms. The highest BCUT2D eigenvalue weighted by Gasteiger charge is 2.12. The molecule has 1 amide bonds. The molecule has 0 saturated heterocycles. The van der Waals surface area contributed by atoms with Crippen molar-refractivity contribution < 1.29 is 9.53 Å². The van der Waals surface area contributed by atoms with Crippen LogP contribution < -0.4 is 21.1 Å². The van der Waals surface area contributed by atoms with E-state index >= 15 is 0 Å². The third kappa shape index (κ3) is 7.86. The van der Waals surface area contributed by atoms with E-state index in [1.165, 1.54) is 11.1 Å². The van der Waals surface area contributed by atoms with E-state index in [1.807, 2.05) is 18.2 Å². The van der Waals surface area contributed by atoms with Crippen molar-refractivity contribution in [3.05, 3.63) is 65.2 Å². The molecule has 0 unspecified atom stereocenters. The van der Waals surface area contributed by atoms with E-state index in [2.05, 4.69) is 60.7 Å². The van der Waals surface area contributed by atoms with Gasteiger partial charge in [-0.05, 0) is 40.7 Å². The number of primary amides is 1. The van der Waals surface area contributed by atoms with Crippen molar-refractivity contribution in [2.45, 2.75) is 39.2 Å². The Labute approximate surface area is 173 Å². The van der Waals surface area contributed by atoms with Gasteiger partial charge >= 0.3 is 0 Å². The predicted molar refractivity (Wildman–Crippen MR) is 118 cm³/mol. The summed E-state index contributed by atoms with van der Waals surface area (Å²) in [4.78, 5) is 15.1. The van der Waals surface area contributed by atoms with Crippen LogP contribution >= 0.6 is 0 Å². The second-order valence-electron chi connectivity index (χ2n) is 7.95. The molecule has 156 valence electrons. The molecule has 2 aromatic carbocycles. The summed E-state index contributed by atoms with van der Waals surface area (Å²) in [6.07, 6.45) is 0.918. The molecule has 0 atom stereocenters. The number of carbonyl (C=O) groups excluding carboxylic acids is 1. The third-order valence-corrected chi connectivity index (χ3v) is 4.49. The Bertz CT molecular complexity index is 824. The molecule has 0 aromatic heterocycles. The highest BCUT2D eigenvalue weighted by atomic mass is 16.5. The van der Waals surface area contributed by atoms with Crippen molar-refractivity contribution in [1.82, 2.24) is 10.6 Å². The van der Waals surface area contributed by atoms with Crippen molar-refractivity contribution in [1.29, 1.82) is 0 Å². The fourth-order valence-corrected chi connectivity index (χ4v) is 2.80. The Morgan fingerprint density at radius 2 is 1.79 bits per heavy atom. The number of amides is 1. The SMILES string of the molecule is CN=C(NCCc1ccc(C(C)(C)C)cc1)NCc1cccc(OCC(N)=O)c1. The van der Waals surface area contributed by atoms with E-state index in [0.29, 0.717) is 12.3 Å². The van der Waals surface area contributed by atoms with Crippen LogP contribution in [0.15, 0.2) is 53.5 Å². The average molecular weight is 397 g/mol. The number of rotatable bonds is 8. The minimum Gasteiger partial charge on any atom is -0.484 e. The number of nitrogens with zero attached hydrogens (tertiary/aromatic N) is 1. The average Bonchev–Trinajstić information content (AvgIpc) is 2.69. The summed E-state index contributed by atoms with van der Waals surface area (Å²) in [7, 11) is 1.75. The van der Waals surface area contributed by atoms with Gasteiger partial charge < -0.3 is 21.1 Å². The molecule has 6 heteroatoms. The van der Waals surface area contributed by atoms with E-state index in [-0.39, 0.29) is 12.0 Å². The van der Waals surface area contributed by atoms with Gasteiger partial charge in [-0.3, -0.25) is 9.79 Å². The van der Waals surface area contributed by atoms with Crippen LogP contribution in [0.25, 0.3) is 0 Å². The molecule has 0 bridgehead atoms. The summed E-state index contributed by atoms with van der Waals surface area (Å²) in [5.41, 5.74) is 8.94. The second kappa shape index (κ2) is 10.5. The van der Waals surface area contributed by atoms with Gasteiger partial charge in [0.1, 0.15) is 5.75 Å². The minimum atomic E-state index is -0.494. The van der Waals surface area contributed by atoms with Crippen LogP contribution in [-0.2, 0) is 23.2 Å². The molecule has 2 aromatic rings. The standard InChI is InChI=1S/C23H32N4O2/c1-23(2,3)19-10-8-17(9-11-19)12-13-26-22(25-4)27-15-18-6-5-7-20(14-18)29-16-21(24)28/h5-11,14H,12-13,15-16H2,1-4H3,(H2,24,28)(H2,25,26,27). The van der Waals surface area contributed by atoms with Crippen LogP contribution in [0, 0.1) is 0 Å². The van der Waals surface area contributed by atoms with Gasteiger partial charge in [0, 0.05) is 20.1 Å². The molecule has 0 heterocycles. The number of ether oxygens (including phenoxy) is 1. The number of hydrogen-bond acceptors (Lipinski definition) is 3. The normalized spacial score (nSPS) is 11.8. The summed E-state index contributed by atoms with van der Waals surface area (Å²) in [5.74, 6) is 0.857. The zero-order valence-electron chi connectivity index (χ0n) is 17.8. The minimum absolute atomic E-state index is 0.128. The zero-order valence-corrected chi connectivity index (χ0v) is 17.8. The Kier molecular flexibility index (Phi) is 8.07. The van der Waals surface area contributed by atoms with Gasteiger partial charge in [-0.25, -0.2) is 0 Å². The van der Waals surface area contributed by atoms with Gasteiger partial charge in [0.2, 0.25) is 0 Å². The Balaban J connectivity index is 1.79. The van der Waals surface area contributed by atoms with E-state index in [9.17, 15) is 4.79 Å². The predicted octanol–water partition coefficient (Wildman–Crippen LogP) is 2.76. The fraction of sp³-hybridized carbons (Fsp3) is 0.391. The molecular weight excluding hydrogens is 364 g/mol. The monoisotopic (exact) mass is 396 g/mol. The van der Waals surface area contributed by atoms with Crippen molar-refractivity contribution in [3.8, 4) is 5.75 Å². The Morgan fingerprint density at radius 1 is 1.07 bits per heavy atom. The number of guanidine groups is 1. The number of carbonyl (C=O) groups is 1. The van der Waals surface area contributed by atoms with Crippen molar-refractivity contribution in [2.75, 3.05) is 20.2 Å². The van der Waals surface area contributed by atoms with E-state index in [1.54, 1.807) is 13.1 Å². The van der Waals surface area contributed by atoms with Crippen LogP contribution in [0.4, 0.5) is 0 Å². The molecule has 4 N–H and O–H groups in total. The van der Waals surface area contributed by atoms with Gasteiger partial charge in [0.15, 0.2) is 12.6 Å². The summed E-state index contributed by atoms with van der Waals surface area (Å²) in [6.45, 7) is 7.91. The van der Waals surface area contributed by atoms with Crippen molar-refractivity contribution in [3.63, 3.8) is 0 Å². The highest BCUT2D eigenvalue weighted by molar-refractivity contribution is 5.79. The maximum absolute atomic E-state index is 10.8. The molecule has 6 nitrogen and oxygen atoms in total. The van der Waals surface area contributed by atoms with E-state index < -0.39 is 5.91 Å². The maximum Gasteiger partial charge on any atom is 0.255 e. The quantitative estimate of drug-likeness (QED) is 0.473. The van der Waals surface area contributed by atoms with Crippen molar-refractivity contribution >= 4 is 11.9 Å². The van der Waals surface area contributed by atoms with Crippen LogP contribution in [0.5, 0.6) is 5.75 Å². The molecule has 0 aliphatic carbocycles. The molecule has 0 saturated carbocycles. The summed E-state index contributed by atoms with van der Waals surface area (Å²) in [6, 6.07) is 16.3. The van der Waals surface area contributed by atoms with Gasteiger partial charge in [-0.1, -0.05) is 57.2 Å². The first kappa shape index (κ1) is 22.3. The number of benzene rings is 2. The molecule has 0 fully saturated rings. The van der Waals surface area contributed by atoms with Gasteiger partial charge in [0.05, 0.1) is 0 Å². The van der Waals surface area contributed by atoms with Gasteiger partial charge in [-0.15, -0.1) is 0 Å². The first-order valence-electron chi connectivity index (χ1n) is 9.82. The number of hydrogen-bond donors (Lipinski definition) is 3. The summed E-state index contributed by atoms with van der Waals surface area (Å²) < 4.78 is 5.34. The lowest BCUT2D eigenvalue weighted by molar-refractivity contribution is -0.119. The lowest BCUT2D eigenvalue weighted by Gasteiger charge is -2.19. The Morgan fingerprint density at radius 3 is 2.41 bits per heavy atom. The maximum atomic E-state index is 10.8. The van der Waals surface area contributed by atoms with Crippen LogP contribution in [0.3, 0.4) is 0 Å². The Hall–Kier alpha value is -3.02. The number of aliphatic imine (C=N–C) groups is 1. The topological polar surface area (TPSA) is 88.7 Å². The molecule has 0 radical (unpaired) electrons. The lowest BCUT2D eigenvalue weighted by atomic mass is 9.86. The van der Waals surface area contributed by atoms with Gasteiger partial charge in [-0.2, -0.15) is 0 Å². The first-order valence-corrected chi connectivity index (χ1v) is 9.82. The van der Waals surface area contributed by atoms with Crippen LogP contribution in [0.2, 0.25) is 0 Å². The van der Waals surface area contributed by atoms with Crippen molar-refractivity contribution in [2.24, 2.45) is 10.7 Å². The number of nitrogens with two attached hydrogens (primary N) is 1. The molecular formula is C23H32N4O2. The second-order valence-corrected chi connectivity index (χ2v) is 7.95. The summed E-state index contributed by atoms with van der Waals surface area (Å²) >= 11 is 0. The molecule has 0 aliphatic heterocycles. The fourth-order valence-electron chi connectivity index (χ4n) is 2.80. The molecule has 0 aliphatic rings. The highest BCUT2D eigenvalue weighted by Crippen LogP contribution is 2.22. The molecule has 29 heavy (non-hydrogen) atoms. The lowest BCUT2D eigenvalue weighted by Crippen LogP contribution is -2.37. The first-order chi connectivity index (χ1) is 13.8. The smallest absolute Gasteiger partial charge is 0.255 e. The third-order valence-electron chi connectivity index (χ3n) is 4.49. The van der Waals surface area contributed by atoms with Crippen LogP contribution in [-0.4, -0.2) is 32.1 Å². The van der Waals surface area contributed by atoms with Crippen LogP contribution in [0.1, 0.15) is 37.5 Å². The van der Waals surface area contributed by atoms with E-state index in [0.717, 1.165) is 24.5 Å². The number of nitrogens with one attached hydrogen (secondary N) is 2. The van der Waals surface area contributed by atoms with Gasteiger partial charge in [0.25, 0.3) is 5.91 Å². The molecule has 2 rings (SSSR count).